The molecule has 0 saturated heterocycles. The normalized spacial score (nSPS) is 10.5. The van der Waals surface area contributed by atoms with Crippen LogP contribution >= 0.6 is 0 Å². The van der Waals surface area contributed by atoms with Crippen LogP contribution in [-0.2, 0) is 0 Å². The Balaban J connectivity index is 1.50. The average molecular weight is 394 g/mol. The van der Waals surface area contributed by atoms with E-state index >= 15 is 0 Å². The fraction of sp³-hybridized carbons (Fsp3) is 0.0800. The summed E-state index contributed by atoms with van der Waals surface area (Å²) in [5.41, 5.74) is 6.31. The van der Waals surface area contributed by atoms with E-state index in [4.69, 9.17) is 0 Å². The number of hydrogen-bond donors (Lipinski definition) is 2. The molecule has 0 spiro atoms. The lowest BCUT2D eigenvalue weighted by molar-refractivity contribution is 0.102. The van der Waals surface area contributed by atoms with E-state index in [0.717, 1.165) is 28.2 Å². The van der Waals surface area contributed by atoms with E-state index in [9.17, 15) is 4.79 Å². The molecular formula is C25H22N4O. The number of benzene rings is 3. The van der Waals surface area contributed by atoms with Crippen molar-refractivity contribution in [2.75, 3.05) is 10.6 Å². The monoisotopic (exact) mass is 394 g/mol. The third-order valence-electron chi connectivity index (χ3n) is 4.72. The molecule has 1 amide bonds. The maximum Gasteiger partial charge on any atom is 0.255 e. The first-order chi connectivity index (χ1) is 14.6. The van der Waals surface area contributed by atoms with E-state index in [2.05, 4.69) is 39.7 Å². The molecule has 4 aromatic rings. The summed E-state index contributed by atoms with van der Waals surface area (Å²) >= 11 is 0. The lowest BCUT2D eigenvalue weighted by Crippen LogP contribution is -2.12. The number of hydrogen-bond acceptors (Lipinski definition) is 4. The Labute approximate surface area is 175 Å². The first-order valence-electron chi connectivity index (χ1n) is 9.71. The molecule has 0 aliphatic carbocycles. The Morgan fingerprint density at radius 1 is 0.767 bits per heavy atom. The second-order valence-corrected chi connectivity index (χ2v) is 7.18. The molecular weight excluding hydrogens is 372 g/mol. The van der Waals surface area contributed by atoms with Crippen molar-refractivity contribution in [3.63, 3.8) is 0 Å². The molecule has 0 saturated carbocycles. The van der Waals surface area contributed by atoms with Gasteiger partial charge < -0.3 is 10.6 Å². The fourth-order valence-corrected chi connectivity index (χ4v) is 3.03. The van der Waals surface area contributed by atoms with E-state index in [1.807, 2.05) is 61.5 Å². The van der Waals surface area contributed by atoms with E-state index in [0.29, 0.717) is 11.4 Å². The van der Waals surface area contributed by atoms with Crippen LogP contribution in [0.3, 0.4) is 0 Å². The molecule has 4 rings (SSSR count). The number of rotatable bonds is 5. The topological polar surface area (TPSA) is 66.9 Å². The van der Waals surface area contributed by atoms with Gasteiger partial charge in [0.2, 0.25) is 0 Å². The van der Waals surface area contributed by atoms with Crippen LogP contribution in [0.25, 0.3) is 11.3 Å². The minimum absolute atomic E-state index is 0.162. The van der Waals surface area contributed by atoms with E-state index < -0.39 is 0 Å². The zero-order valence-electron chi connectivity index (χ0n) is 16.9. The molecule has 1 heterocycles. The molecule has 0 atom stereocenters. The summed E-state index contributed by atoms with van der Waals surface area (Å²) in [4.78, 5) is 21.3. The van der Waals surface area contributed by atoms with Gasteiger partial charge in [0.1, 0.15) is 12.1 Å². The molecule has 2 N–H and O–H groups in total. The van der Waals surface area contributed by atoms with Crippen LogP contribution < -0.4 is 10.6 Å². The van der Waals surface area contributed by atoms with Gasteiger partial charge in [-0.25, -0.2) is 9.97 Å². The second-order valence-electron chi connectivity index (χ2n) is 7.18. The van der Waals surface area contributed by atoms with Gasteiger partial charge in [-0.15, -0.1) is 0 Å². The predicted molar refractivity (Wildman–Crippen MR) is 121 cm³/mol. The number of anilines is 3. The van der Waals surface area contributed by atoms with Gasteiger partial charge in [0.25, 0.3) is 5.91 Å². The van der Waals surface area contributed by atoms with Crippen molar-refractivity contribution in [1.29, 1.82) is 0 Å². The molecule has 30 heavy (non-hydrogen) atoms. The summed E-state index contributed by atoms with van der Waals surface area (Å²) in [5.74, 6) is 0.502. The van der Waals surface area contributed by atoms with Gasteiger partial charge in [-0.05, 0) is 44.2 Å². The van der Waals surface area contributed by atoms with Crippen molar-refractivity contribution in [3.05, 3.63) is 102 Å². The molecule has 5 heteroatoms. The third kappa shape index (κ3) is 4.70. The standard InChI is InChI=1S/C25H22N4O/c1-17-6-10-19(11-7-17)23-15-24(27-16-26-23)28-22-5-3-4-20(14-22)25(30)29-21-12-8-18(2)9-13-21/h3-16H,1-2H3,(H,29,30)(H,26,27,28). The van der Waals surface area contributed by atoms with Crippen molar-refractivity contribution < 1.29 is 4.79 Å². The number of aromatic nitrogens is 2. The van der Waals surface area contributed by atoms with E-state index in [1.54, 1.807) is 12.1 Å². The highest BCUT2D eigenvalue weighted by molar-refractivity contribution is 6.04. The Bertz CT molecular complexity index is 1170. The van der Waals surface area contributed by atoms with Gasteiger partial charge in [0.15, 0.2) is 0 Å². The van der Waals surface area contributed by atoms with Crippen LogP contribution in [0.4, 0.5) is 17.2 Å². The van der Waals surface area contributed by atoms with E-state index in [1.165, 1.54) is 11.9 Å². The second kappa shape index (κ2) is 8.57. The lowest BCUT2D eigenvalue weighted by Gasteiger charge is -2.10. The largest absolute Gasteiger partial charge is 0.340 e. The quantitative estimate of drug-likeness (QED) is 0.452. The van der Waals surface area contributed by atoms with Gasteiger partial charge in [0.05, 0.1) is 5.69 Å². The molecule has 3 aromatic carbocycles. The van der Waals surface area contributed by atoms with E-state index in [-0.39, 0.29) is 5.91 Å². The van der Waals surface area contributed by atoms with Crippen molar-refractivity contribution in [1.82, 2.24) is 9.97 Å². The summed E-state index contributed by atoms with van der Waals surface area (Å²) in [6.45, 7) is 4.07. The maximum absolute atomic E-state index is 12.6. The Morgan fingerprint density at radius 2 is 1.47 bits per heavy atom. The SMILES string of the molecule is Cc1ccc(NC(=O)c2cccc(Nc3cc(-c4ccc(C)cc4)ncn3)c2)cc1. The average Bonchev–Trinajstić information content (AvgIpc) is 2.76. The highest BCUT2D eigenvalue weighted by Gasteiger charge is 2.08. The van der Waals surface area contributed by atoms with Crippen molar-refractivity contribution >= 4 is 23.1 Å². The number of amides is 1. The predicted octanol–water partition coefficient (Wildman–Crippen LogP) is 5.76. The van der Waals surface area contributed by atoms with Gasteiger partial charge >= 0.3 is 0 Å². The molecule has 0 aliphatic rings. The molecule has 0 fully saturated rings. The summed E-state index contributed by atoms with van der Waals surface area (Å²) in [5, 5.41) is 6.18. The zero-order valence-corrected chi connectivity index (χ0v) is 16.9. The van der Waals surface area contributed by atoms with Gasteiger partial charge in [0, 0.05) is 28.6 Å². The molecule has 0 aliphatic heterocycles. The lowest BCUT2D eigenvalue weighted by atomic mass is 10.1. The first kappa shape index (κ1) is 19.3. The molecule has 0 radical (unpaired) electrons. The molecule has 0 bridgehead atoms. The Morgan fingerprint density at radius 3 is 2.20 bits per heavy atom. The Kier molecular flexibility index (Phi) is 5.52. The molecule has 5 nitrogen and oxygen atoms in total. The van der Waals surface area contributed by atoms with Gasteiger partial charge in [-0.2, -0.15) is 0 Å². The van der Waals surface area contributed by atoms with Gasteiger partial charge in [-0.3, -0.25) is 4.79 Å². The molecule has 1 aromatic heterocycles. The van der Waals surface area contributed by atoms with Crippen LogP contribution in [-0.4, -0.2) is 15.9 Å². The Hall–Kier alpha value is -3.99. The highest BCUT2D eigenvalue weighted by atomic mass is 16.1. The maximum atomic E-state index is 12.6. The smallest absolute Gasteiger partial charge is 0.255 e. The minimum Gasteiger partial charge on any atom is -0.340 e. The van der Waals surface area contributed by atoms with Crippen LogP contribution in [0.15, 0.2) is 85.2 Å². The number of carbonyl (C=O) groups is 1. The molecule has 148 valence electrons. The van der Waals surface area contributed by atoms with Crippen LogP contribution in [0.2, 0.25) is 0 Å². The summed E-state index contributed by atoms with van der Waals surface area (Å²) in [6.07, 6.45) is 1.53. The van der Waals surface area contributed by atoms with Crippen LogP contribution in [0.1, 0.15) is 21.5 Å². The fourth-order valence-electron chi connectivity index (χ4n) is 3.03. The minimum atomic E-state index is -0.162. The summed E-state index contributed by atoms with van der Waals surface area (Å²) in [7, 11) is 0. The zero-order chi connectivity index (χ0) is 20.9. The summed E-state index contributed by atoms with van der Waals surface area (Å²) < 4.78 is 0. The summed E-state index contributed by atoms with van der Waals surface area (Å²) in [6, 6.07) is 25.1. The van der Waals surface area contributed by atoms with Crippen molar-refractivity contribution in [2.24, 2.45) is 0 Å². The van der Waals surface area contributed by atoms with Crippen molar-refractivity contribution in [3.8, 4) is 11.3 Å². The van der Waals surface area contributed by atoms with Crippen molar-refractivity contribution in [2.45, 2.75) is 13.8 Å². The van der Waals surface area contributed by atoms with Gasteiger partial charge in [-0.1, -0.05) is 53.6 Å². The van der Waals surface area contributed by atoms with Crippen LogP contribution in [0.5, 0.6) is 0 Å². The van der Waals surface area contributed by atoms with Crippen LogP contribution in [0, 0.1) is 13.8 Å². The number of nitrogens with zero attached hydrogens (tertiary/aromatic N) is 2. The number of nitrogens with one attached hydrogen (secondary N) is 2. The highest BCUT2D eigenvalue weighted by Crippen LogP contribution is 2.22. The third-order valence-corrected chi connectivity index (χ3v) is 4.72. The number of aryl methyl sites for hydroxylation is 2. The number of carbonyl (C=O) groups excluding carboxylic acids is 1. The molecule has 0 unspecified atom stereocenters. The first-order valence-corrected chi connectivity index (χ1v) is 9.71.